The van der Waals surface area contributed by atoms with Gasteiger partial charge in [-0.25, -0.2) is 4.79 Å². The Hall–Kier alpha value is -0.970. The molecule has 1 fully saturated rings. The van der Waals surface area contributed by atoms with Crippen molar-refractivity contribution in [2.75, 3.05) is 19.8 Å². The van der Waals surface area contributed by atoms with E-state index >= 15 is 0 Å². The predicted octanol–water partition coefficient (Wildman–Crippen LogP) is 4.65. The Morgan fingerprint density at radius 2 is 1.96 bits per heavy atom. The van der Waals surface area contributed by atoms with Gasteiger partial charge in [0.15, 0.2) is 5.60 Å². The molecule has 0 N–H and O–H groups in total. The molecule has 6 heteroatoms. The summed E-state index contributed by atoms with van der Waals surface area (Å²) < 4.78 is 16.0. The molecule has 1 aromatic rings. The Bertz CT molecular complexity index is 529. The zero-order valence-electron chi connectivity index (χ0n) is 13.3. The van der Waals surface area contributed by atoms with Gasteiger partial charge in [-0.1, -0.05) is 36.0 Å². The number of rotatable bonds is 10. The van der Waals surface area contributed by atoms with Crippen molar-refractivity contribution in [1.29, 1.82) is 0 Å². The van der Waals surface area contributed by atoms with Gasteiger partial charge in [0, 0.05) is 6.07 Å². The zero-order chi connectivity index (χ0) is 16.7. The second-order valence-corrected chi connectivity index (χ2v) is 6.41. The van der Waals surface area contributed by atoms with Gasteiger partial charge < -0.3 is 14.2 Å². The molecule has 0 radical (unpaired) electrons. The Kier molecular flexibility index (Phi) is 7.00. The Labute approximate surface area is 147 Å². The number of unbranched alkanes of at least 4 members (excludes halogenated alkanes) is 3. The molecule has 0 amide bonds. The maximum Gasteiger partial charge on any atom is 0.340 e. The highest BCUT2D eigenvalue weighted by Crippen LogP contribution is 2.34. The maximum absolute atomic E-state index is 11.7. The SMILES string of the molecule is CCOC(=O)C1(CCCCCCOc2ccc(Cl)c(Cl)c2)CO1. The summed E-state index contributed by atoms with van der Waals surface area (Å²) in [6.07, 6.45) is 4.72. The molecule has 2 rings (SSSR count). The van der Waals surface area contributed by atoms with Crippen LogP contribution in [0.4, 0.5) is 0 Å². The lowest BCUT2D eigenvalue weighted by Gasteiger charge is -2.10. The van der Waals surface area contributed by atoms with Gasteiger partial charge in [0.1, 0.15) is 5.75 Å². The molecule has 1 aliphatic rings. The van der Waals surface area contributed by atoms with E-state index in [4.69, 9.17) is 37.4 Å². The smallest absolute Gasteiger partial charge is 0.340 e. The molecular weight excluding hydrogens is 339 g/mol. The summed E-state index contributed by atoms with van der Waals surface area (Å²) in [5.74, 6) is 0.509. The van der Waals surface area contributed by atoms with Gasteiger partial charge in [-0.05, 0) is 38.3 Å². The van der Waals surface area contributed by atoms with Gasteiger partial charge in [-0.2, -0.15) is 0 Å². The van der Waals surface area contributed by atoms with E-state index in [-0.39, 0.29) is 5.97 Å². The molecule has 1 aromatic carbocycles. The number of halogens is 2. The van der Waals surface area contributed by atoms with Crippen molar-refractivity contribution in [2.24, 2.45) is 0 Å². The van der Waals surface area contributed by atoms with E-state index in [1.165, 1.54) is 0 Å². The van der Waals surface area contributed by atoms with Crippen molar-refractivity contribution in [1.82, 2.24) is 0 Å². The monoisotopic (exact) mass is 360 g/mol. The molecule has 1 unspecified atom stereocenters. The van der Waals surface area contributed by atoms with Crippen LogP contribution < -0.4 is 4.74 Å². The van der Waals surface area contributed by atoms with Crippen LogP contribution in [0.15, 0.2) is 18.2 Å². The minimum Gasteiger partial charge on any atom is -0.494 e. The zero-order valence-corrected chi connectivity index (χ0v) is 14.8. The fourth-order valence-electron chi connectivity index (χ4n) is 2.34. The second-order valence-electron chi connectivity index (χ2n) is 5.59. The maximum atomic E-state index is 11.7. The van der Waals surface area contributed by atoms with E-state index in [0.717, 1.165) is 37.9 Å². The van der Waals surface area contributed by atoms with Crippen LogP contribution in [0, 0.1) is 0 Å². The second kappa shape index (κ2) is 8.76. The number of hydrogen-bond donors (Lipinski definition) is 0. The van der Waals surface area contributed by atoms with Crippen molar-refractivity contribution in [2.45, 2.75) is 44.6 Å². The van der Waals surface area contributed by atoms with Crippen molar-refractivity contribution >= 4 is 29.2 Å². The van der Waals surface area contributed by atoms with Gasteiger partial charge >= 0.3 is 5.97 Å². The van der Waals surface area contributed by atoms with Crippen molar-refractivity contribution in [3.05, 3.63) is 28.2 Å². The van der Waals surface area contributed by atoms with Crippen LogP contribution >= 0.6 is 23.2 Å². The van der Waals surface area contributed by atoms with Gasteiger partial charge in [0.2, 0.25) is 0 Å². The lowest BCUT2D eigenvalue weighted by atomic mass is 10.0. The topological polar surface area (TPSA) is 48.1 Å². The van der Waals surface area contributed by atoms with Crippen LogP contribution in [0.1, 0.15) is 39.0 Å². The number of esters is 1. The van der Waals surface area contributed by atoms with Gasteiger partial charge in [0.25, 0.3) is 0 Å². The van der Waals surface area contributed by atoms with E-state index in [9.17, 15) is 4.79 Å². The number of ether oxygens (including phenoxy) is 3. The summed E-state index contributed by atoms with van der Waals surface area (Å²) >= 11 is 11.8. The number of benzene rings is 1. The summed E-state index contributed by atoms with van der Waals surface area (Å²) in [5, 5.41) is 1.02. The minimum atomic E-state index is -0.646. The predicted molar refractivity (Wildman–Crippen MR) is 90.4 cm³/mol. The fourth-order valence-corrected chi connectivity index (χ4v) is 2.62. The van der Waals surface area contributed by atoms with Crippen molar-refractivity contribution in [3.8, 4) is 5.75 Å². The van der Waals surface area contributed by atoms with E-state index in [0.29, 0.717) is 29.9 Å². The minimum absolute atomic E-state index is 0.219. The first-order valence-electron chi connectivity index (χ1n) is 7.96. The summed E-state index contributed by atoms with van der Waals surface area (Å²) in [6.45, 7) is 3.33. The normalized spacial score (nSPS) is 19.4. The number of carbonyl (C=O) groups excluding carboxylic acids is 1. The first-order chi connectivity index (χ1) is 11.1. The molecule has 4 nitrogen and oxygen atoms in total. The summed E-state index contributed by atoms with van der Waals surface area (Å²) in [5.41, 5.74) is -0.646. The molecule has 0 saturated carbocycles. The molecule has 1 atom stereocenters. The molecule has 0 aliphatic carbocycles. The number of epoxide rings is 1. The lowest BCUT2D eigenvalue weighted by Crippen LogP contribution is -2.27. The third-order valence-corrected chi connectivity index (χ3v) is 4.51. The molecule has 1 heterocycles. The van der Waals surface area contributed by atoms with Crippen LogP contribution in [0.5, 0.6) is 5.75 Å². The quantitative estimate of drug-likeness (QED) is 0.346. The van der Waals surface area contributed by atoms with Gasteiger partial charge in [0.05, 0.1) is 29.9 Å². The first kappa shape index (κ1) is 18.4. The molecule has 0 aromatic heterocycles. The standard InChI is InChI=1S/C17H22Cl2O4/c1-2-21-16(20)17(12-23-17)9-5-3-4-6-10-22-13-7-8-14(18)15(19)11-13/h7-8,11H,2-6,9-10,12H2,1H3. The lowest BCUT2D eigenvalue weighted by molar-refractivity contribution is -0.149. The fraction of sp³-hybridized carbons (Fsp3) is 0.588. The van der Waals surface area contributed by atoms with Crippen LogP contribution in [0.2, 0.25) is 10.0 Å². The van der Waals surface area contributed by atoms with E-state index in [2.05, 4.69) is 0 Å². The molecular formula is C17H22Cl2O4. The third kappa shape index (κ3) is 5.55. The molecule has 0 spiro atoms. The Morgan fingerprint density at radius 1 is 1.22 bits per heavy atom. The van der Waals surface area contributed by atoms with Crippen LogP contribution in [-0.4, -0.2) is 31.4 Å². The first-order valence-corrected chi connectivity index (χ1v) is 8.72. The summed E-state index contributed by atoms with van der Waals surface area (Å²) in [4.78, 5) is 11.7. The highest BCUT2D eigenvalue weighted by Gasteiger charge is 2.52. The average Bonchev–Trinajstić information content (AvgIpc) is 3.31. The molecule has 23 heavy (non-hydrogen) atoms. The van der Waals surface area contributed by atoms with E-state index < -0.39 is 5.60 Å². The summed E-state index contributed by atoms with van der Waals surface area (Å²) in [7, 11) is 0. The summed E-state index contributed by atoms with van der Waals surface area (Å²) in [6, 6.07) is 5.25. The highest BCUT2D eigenvalue weighted by atomic mass is 35.5. The Morgan fingerprint density at radius 3 is 2.61 bits per heavy atom. The number of carbonyl (C=O) groups is 1. The van der Waals surface area contributed by atoms with Crippen LogP contribution in [0.3, 0.4) is 0 Å². The molecule has 128 valence electrons. The average molecular weight is 361 g/mol. The largest absolute Gasteiger partial charge is 0.494 e. The third-order valence-electron chi connectivity index (χ3n) is 3.77. The molecule has 1 aliphatic heterocycles. The molecule has 1 saturated heterocycles. The van der Waals surface area contributed by atoms with Crippen LogP contribution in [-0.2, 0) is 14.3 Å². The van der Waals surface area contributed by atoms with Crippen LogP contribution in [0.25, 0.3) is 0 Å². The van der Waals surface area contributed by atoms with Crippen molar-refractivity contribution in [3.63, 3.8) is 0 Å². The van der Waals surface area contributed by atoms with E-state index in [1.54, 1.807) is 12.1 Å². The Balaban J connectivity index is 1.54. The number of hydrogen-bond acceptors (Lipinski definition) is 4. The highest BCUT2D eigenvalue weighted by molar-refractivity contribution is 6.42. The van der Waals surface area contributed by atoms with E-state index in [1.807, 2.05) is 13.0 Å². The van der Waals surface area contributed by atoms with Gasteiger partial charge in [-0.3, -0.25) is 0 Å². The molecule has 0 bridgehead atoms. The van der Waals surface area contributed by atoms with Gasteiger partial charge in [-0.15, -0.1) is 0 Å². The van der Waals surface area contributed by atoms with Crippen molar-refractivity contribution < 1.29 is 19.0 Å².